The molecule has 0 fully saturated rings. The number of amides is 3. The molecule has 0 saturated heterocycles. The number of carboxylic acids is 2. The Bertz CT molecular complexity index is 550. The lowest BCUT2D eigenvalue weighted by Gasteiger charge is -2.21. The average Bonchev–Trinajstić information content (AvgIpc) is 2.50. The van der Waals surface area contributed by atoms with Gasteiger partial charge >= 0.3 is 11.9 Å². The summed E-state index contributed by atoms with van der Waals surface area (Å²) in [5, 5.41) is 24.3. The summed E-state index contributed by atoms with van der Waals surface area (Å²) >= 11 is 0. The Kier molecular flexibility index (Phi) is 9.89. The molecule has 11 heteroatoms. The molecule has 148 valence electrons. The van der Waals surface area contributed by atoms with Crippen LogP contribution in [0.15, 0.2) is 0 Å². The Hall–Kier alpha value is -2.69. The van der Waals surface area contributed by atoms with Gasteiger partial charge in [0.25, 0.3) is 0 Å². The van der Waals surface area contributed by atoms with Gasteiger partial charge in [0.2, 0.25) is 17.7 Å². The molecule has 0 aliphatic carbocycles. The summed E-state index contributed by atoms with van der Waals surface area (Å²) in [6.45, 7) is 4.43. The lowest BCUT2D eigenvalue weighted by molar-refractivity contribution is -0.141. The molecule has 11 nitrogen and oxygen atoms in total. The Morgan fingerprint density at radius 1 is 0.962 bits per heavy atom. The van der Waals surface area contributed by atoms with Crippen LogP contribution in [-0.4, -0.2) is 64.5 Å². The Labute approximate surface area is 150 Å². The van der Waals surface area contributed by atoms with Gasteiger partial charge < -0.3 is 31.9 Å². The largest absolute Gasteiger partial charge is 0.481 e. The van der Waals surface area contributed by atoms with Crippen molar-refractivity contribution in [1.82, 2.24) is 16.0 Å². The number of carbonyl (C=O) groups excluding carboxylic acids is 3. The molecule has 0 spiro atoms. The van der Waals surface area contributed by atoms with Crippen LogP contribution in [0.4, 0.5) is 0 Å². The van der Waals surface area contributed by atoms with E-state index in [0.29, 0.717) is 0 Å². The summed E-state index contributed by atoms with van der Waals surface area (Å²) in [5.74, 6) is -4.59. The van der Waals surface area contributed by atoms with Crippen LogP contribution in [0.5, 0.6) is 0 Å². The average molecular weight is 374 g/mol. The first-order chi connectivity index (χ1) is 11.9. The number of nitrogens with two attached hydrogens (primary N) is 1. The fourth-order valence-corrected chi connectivity index (χ4v) is 1.90. The molecule has 0 aromatic heterocycles. The molecule has 0 radical (unpaired) electrons. The smallest absolute Gasteiger partial charge is 0.325 e. The van der Waals surface area contributed by atoms with Gasteiger partial charge in [0.1, 0.15) is 12.1 Å². The molecule has 3 amide bonds. The number of carboxylic acid groups (broad SMARTS) is 2. The van der Waals surface area contributed by atoms with Crippen LogP contribution in [0.1, 0.15) is 33.6 Å². The van der Waals surface area contributed by atoms with Crippen LogP contribution in [-0.2, 0) is 24.0 Å². The van der Waals surface area contributed by atoms with Crippen LogP contribution in [0.3, 0.4) is 0 Å². The molecular weight excluding hydrogens is 348 g/mol. The third-order valence-corrected chi connectivity index (χ3v) is 3.24. The molecule has 0 aliphatic heterocycles. The molecule has 0 heterocycles. The van der Waals surface area contributed by atoms with E-state index >= 15 is 0 Å². The van der Waals surface area contributed by atoms with E-state index in [0.717, 1.165) is 0 Å². The van der Waals surface area contributed by atoms with E-state index in [-0.39, 0.29) is 12.3 Å². The van der Waals surface area contributed by atoms with E-state index in [9.17, 15) is 24.0 Å². The summed E-state index contributed by atoms with van der Waals surface area (Å²) in [5.41, 5.74) is 5.36. The number of aliphatic carboxylic acids is 2. The van der Waals surface area contributed by atoms with Gasteiger partial charge in [-0.05, 0) is 19.3 Å². The number of rotatable bonds is 11. The number of hydrogen-bond donors (Lipinski definition) is 6. The van der Waals surface area contributed by atoms with Gasteiger partial charge in [0, 0.05) is 0 Å². The summed E-state index contributed by atoms with van der Waals surface area (Å²) in [4.78, 5) is 56.9. The first-order valence-corrected chi connectivity index (χ1v) is 8.01. The van der Waals surface area contributed by atoms with Crippen molar-refractivity contribution in [2.45, 2.75) is 51.7 Å². The fraction of sp³-hybridized carbons (Fsp3) is 0.667. The molecule has 3 atom stereocenters. The number of carbonyl (C=O) groups is 5. The van der Waals surface area contributed by atoms with Crippen molar-refractivity contribution < 1.29 is 34.2 Å². The molecule has 0 aliphatic rings. The van der Waals surface area contributed by atoms with Gasteiger partial charge in [0.15, 0.2) is 0 Å². The van der Waals surface area contributed by atoms with Crippen molar-refractivity contribution in [2.24, 2.45) is 11.7 Å². The van der Waals surface area contributed by atoms with Gasteiger partial charge in [-0.3, -0.25) is 24.0 Å². The second kappa shape index (κ2) is 11.0. The van der Waals surface area contributed by atoms with Crippen molar-refractivity contribution in [3.05, 3.63) is 0 Å². The van der Waals surface area contributed by atoms with Crippen molar-refractivity contribution in [3.63, 3.8) is 0 Å². The molecule has 26 heavy (non-hydrogen) atoms. The van der Waals surface area contributed by atoms with Crippen LogP contribution in [0.2, 0.25) is 0 Å². The van der Waals surface area contributed by atoms with E-state index in [4.69, 9.17) is 15.9 Å². The monoisotopic (exact) mass is 374 g/mol. The second-order valence-corrected chi connectivity index (χ2v) is 6.24. The molecule has 0 saturated carbocycles. The lowest BCUT2D eigenvalue weighted by atomic mass is 10.0. The standard InChI is InChI=1S/C15H26N4O7/c1-7(2)4-10(14(24)18-8(3)15(25)26)19-11(20)6-17-13(23)9(16)5-12(21)22/h7-10H,4-6,16H2,1-3H3,(H,17,23)(H,18,24)(H,19,20)(H,21,22)(H,25,26). The predicted molar refractivity (Wildman–Crippen MR) is 89.9 cm³/mol. The van der Waals surface area contributed by atoms with Crippen LogP contribution in [0, 0.1) is 5.92 Å². The predicted octanol–water partition coefficient (Wildman–Crippen LogP) is -1.98. The SMILES string of the molecule is CC(C)CC(NC(=O)CNC(=O)C(N)CC(=O)O)C(=O)NC(C)C(=O)O. The third kappa shape index (κ3) is 9.57. The highest BCUT2D eigenvalue weighted by molar-refractivity contribution is 5.93. The highest BCUT2D eigenvalue weighted by atomic mass is 16.4. The molecule has 0 rings (SSSR count). The van der Waals surface area contributed by atoms with E-state index in [1.807, 2.05) is 13.8 Å². The minimum absolute atomic E-state index is 0.0322. The topological polar surface area (TPSA) is 188 Å². The van der Waals surface area contributed by atoms with Crippen molar-refractivity contribution in [3.8, 4) is 0 Å². The molecule has 0 bridgehead atoms. The molecular formula is C15H26N4O7. The van der Waals surface area contributed by atoms with E-state index in [1.54, 1.807) is 0 Å². The first-order valence-electron chi connectivity index (χ1n) is 8.01. The highest BCUT2D eigenvalue weighted by Gasteiger charge is 2.25. The summed E-state index contributed by atoms with van der Waals surface area (Å²) in [7, 11) is 0. The second-order valence-electron chi connectivity index (χ2n) is 6.24. The Balaban J connectivity index is 4.68. The van der Waals surface area contributed by atoms with Crippen molar-refractivity contribution in [2.75, 3.05) is 6.54 Å². The normalized spacial score (nSPS) is 14.0. The van der Waals surface area contributed by atoms with Crippen molar-refractivity contribution >= 4 is 29.7 Å². The summed E-state index contributed by atoms with van der Waals surface area (Å²) in [6.07, 6.45) is -0.324. The van der Waals surface area contributed by atoms with E-state index in [1.165, 1.54) is 6.92 Å². The van der Waals surface area contributed by atoms with Gasteiger partial charge in [-0.2, -0.15) is 0 Å². The maximum Gasteiger partial charge on any atom is 0.325 e. The molecule has 3 unspecified atom stereocenters. The molecule has 0 aromatic carbocycles. The maximum absolute atomic E-state index is 12.1. The minimum atomic E-state index is -1.30. The maximum atomic E-state index is 12.1. The van der Waals surface area contributed by atoms with Gasteiger partial charge in [-0.1, -0.05) is 13.8 Å². The van der Waals surface area contributed by atoms with Gasteiger partial charge in [-0.25, -0.2) is 0 Å². The van der Waals surface area contributed by atoms with Gasteiger partial charge in [0.05, 0.1) is 19.0 Å². The van der Waals surface area contributed by atoms with Crippen LogP contribution in [0.25, 0.3) is 0 Å². The Morgan fingerprint density at radius 2 is 1.54 bits per heavy atom. The quantitative estimate of drug-likeness (QED) is 0.240. The zero-order valence-electron chi connectivity index (χ0n) is 14.9. The van der Waals surface area contributed by atoms with Gasteiger partial charge in [-0.15, -0.1) is 0 Å². The zero-order chi connectivity index (χ0) is 20.4. The number of nitrogens with one attached hydrogen (secondary N) is 3. The summed E-state index contributed by atoms with van der Waals surface area (Å²) < 4.78 is 0. The third-order valence-electron chi connectivity index (χ3n) is 3.24. The summed E-state index contributed by atoms with van der Waals surface area (Å²) in [6, 6.07) is -3.40. The highest BCUT2D eigenvalue weighted by Crippen LogP contribution is 2.05. The zero-order valence-corrected chi connectivity index (χ0v) is 14.9. The first kappa shape index (κ1) is 23.3. The minimum Gasteiger partial charge on any atom is -0.481 e. The van der Waals surface area contributed by atoms with Crippen LogP contribution < -0.4 is 21.7 Å². The number of hydrogen-bond acceptors (Lipinski definition) is 6. The van der Waals surface area contributed by atoms with E-state index in [2.05, 4.69) is 16.0 Å². The molecule has 0 aromatic rings. The lowest BCUT2D eigenvalue weighted by Crippen LogP contribution is -2.53. The Morgan fingerprint density at radius 3 is 2.00 bits per heavy atom. The van der Waals surface area contributed by atoms with Crippen LogP contribution >= 0.6 is 0 Å². The fourth-order valence-electron chi connectivity index (χ4n) is 1.90. The van der Waals surface area contributed by atoms with Crippen molar-refractivity contribution in [1.29, 1.82) is 0 Å². The van der Waals surface area contributed by atoms with E-state index < -0.39 is 60.8 Å². The molecule has 7 N–H and O–H groups in total.